The summed E-state index contributed by atoms with van der Waals surface area (Å²) in [6, 6.07) is 0. The molecule has 106 valence electrons. The minimum atomic E-state index is -0.947. The highest BCUT2D eigenvalue weighted by molar-refractivity contribution is 5.80. The second kappa shape index (κ2) is 12.3. The molecule has 0 rings (SSSR count). The Morgan fingerprint density at radius 3 is 2.17 bits per heavy atom. The van der Waals surface area contributed by atoms with Gasteiger partial charge < -0.3 is 10.4 Å². The molecule has 0 aromatic carbocycles. The highest BCUT2D eigenvalue weighted by Gasteiger charge is 2.03. The molecule has 18 heavy (non-hydrogen) atoms. The molecule has 0 bridgehead atoms. The number of hydrogen-bond acceptors (Lipinski definition) is 4. The zero-order chi connectivity index (χ0) is 13.6. The molecule has 0 saturated heterocycles. The van der Waals surface area contributed by atoms with Gasteiger partial charge in [-0.25, -0.2) is 4.89 Å². The first-order chi connectivity index (χ1) is 8.66. The van der Waals surface area contributed by atoms with Crippen LogP contribution in [0.15, 0.2) is 0 Å². The Morgan fingerprint density at radius 1 is 0.944 bits per heavy atom. The number of carbonyl (C=O) groups excluding carboxylic acids is 1. The lowest BCUT2D eigenvalue weighted by Gasteiger charge is -2.04. The van der Waals surface area contributed by atoms with Crippen LogP contribution in [0.5, 0.6) is 0 Å². The van der Waals surface area contributed by atoms with Gasteiger partial charge in [-0.05, 0) is 12.8 Å². The van der Waals surface area contributed by atoms with Gasteiger partial charge in [0.05, 0.1) is 13.0 Å². The van der Waals surface area contributed by atoms with Crippen molar-refractivity contribution in [1.29, 1.82) is 0 Å². The molecular formula is C12H23NO5. The predicted octanol–water partition coefficient (Wildman–Crippen LogP) is 1.80. The number of unbranched alkanes of at least 4 members (excludes halogenated alkanes) is 5. The van der Waals surface area contributed by atoms with Gasteiger partial charge in [-0.2, -0.15) is 0 Å². The van der Waals surface area contributed by atoms with E-state index in [1.165, 1.54) is 0 Å². The first-order valence-corrected chi connectivity index (χ1v) is 6.41. The van der Waals surface area contributed by atoms with Crippen LogP contribution < -0.4 is 5.32 Å². The number of carboxylic acids is 1. The number of carboxylic acid groups (broad SMARTS) is 1. The van der Waals surface area contributed by atoms with Crippen LogP contribution in [0.3, 0.4) is 0 Å². The zero-order valence-electron chi connectivity index (χ0n) is 10.7. The molecule has 0 aromatic rings. The maximum Gasteiger partial charge on any atom is 0.303 e. The van der Waals surface area contributed by atoms with E-state index in [-0.39, 0.29) is 18.7 Å². The Bertz CT molecular complexity index is 233. The van der Waals surface area contributed by atoms with Gasteiger partial charge in [0.15, 0.2) is 0 Å². The summed E-state index contributed by atoms with van der Waals surface area (Å²) in [4.78, 5) is 25.3. The Labute approximate surface area is 107 Å². The van der Waals surface area contributed by atoms with Gasteiger partial charge in [0.1, 0.15) is 0 Å². The van der Waals surface area contributed by atoms with Crippen molar-refractivity contribution in [3.05, 3.63) is 0 Å². The van der Waals surface area contributed by atoms with Crippen LogP contribution in [0.2, 0.25) is 0 Å². The van der Waals surface area contributed by atoms with E-state index in [0.29, 0.717) is 13.2 Å². The number of aliphatic carboxylic acids is 1. The number of carbonyl (C=O) groups is 2. The lowest BCUT2D eigenvalue weighted by atomic mass is 10.1. The summed E-state index contributed by atoms with van der Waals surface area (Å²) < 4.78 is 0. The van der Waals surface area contributed by atoms with E-state index in [9.17, 15) is 9.59 Å². The number of hydrogen-bond donors (Lipinski definition) is 3. The van der Waals surface area contributed by atoms with Crippen LogP contribution in [0.25, 0.3) is 0 Å². The molecule has 0 heterocycles. The van der Waals surface area contributed by atoms with E-state index in [0.717, 1.165) is 38.5 Å². The van der Waals surface area contributed by atoms with E-state index in [1.54, 1.807) is 0 Å². The maximum atomic E-state index is 11.1. The molecule has 0 fully saturated rings. The van der Waals surface area contributed by atoms with E-state index >= 15 is 0 Å². The van der Waals surface area contributed by atoms with E-state index in [1.807, 2.05) is 0 Å². The van der Waals surface area contributed by atoms with Crippen molar-refractivity contribution in [3.8, 4) is 0 Å². The summed E-state index contributed by atoms with van der Waals surface area (Å²) >= 11 is 0. The third kappa shape index (κ3) is 12.9. The second-order valence-corrected chi connectivity index (χ2v) is 4.20. The van der Waals surface area contributed by atoms with Crippen molar-refractivity contribution in [3.63, 3.8) is 0 Å². The normalized spacial score (nSPS) is 10.3. The monoisotopic (exact) mass is 261 g/mol. The van der Waals surface area contributed by atoms with Crippen LogP contribution in [0.1, 0.15) is 51.4 Å². The van der Waals surface area contributed by atoms with Gasteiger partial charge in [-0.1, -0.05) is 25.7 Å². The minimum absolute atomic E-state index is 0.0521. The summed E-state index contributed by atoms with van der Waals surface area (Å²) in [5.74, 6) is -1.14. The lowest BCUT2D eigenvalue weighted by Crippen LogP contribution is -2.24. The standard InChI is InChI=1S/C12H23NO5/c14-11(7-8-12(15)16)13-9-5-3-1-2-4-6-10-18-17/h17H,1-10H2,(H,13,14)(H,15,16). The van der Waals surface area contributed by atoms with Crippen LogP contribution >= 0.6 is 0 Å². The predicted molar refractivity (Wildman–Crippen MR) is 66.2 cm³/mol. The number of rotatable bonds is 12. The molecule has 0 unspecified atom stereocenters. The SMILES string of the molecule is O=C(O)CCC(=O)NCCCCCCCCOO. The third-order valence-corrected chi connectivity index (χ3v) is 2.55. The maximum absolute atomic E-state index is 11.1. The summed E-state index contributed by atoms with van der Waals surface area (Å²) in [5.41, 5.74) is 0. The Balaban J connectivity index is 3.15. The Kier molecular flexibility index (Phi) is 11.5. The van der Waals surface area contributed by atoms with Crippen LogP contribution in [0, 0.1) is 0 Å². The quantitative estimate of drug-likeness (QED) is 0.283. The fraction of sp³-hybridized carbons (Fsp3) is 0.833. The highest BCUT2D eigenvalue weighted by atomic mass is 17.1. The highest BCUT2D eigenvalue weighted by Crippen LogP contribution is 2.04. The van der Waals surface area contributed by atoms with E-state index in [2.05, 4.69) is 10.2 Å². The number of nitrogens with one attached hydrogen (secondary N) is 1. The molecule has 0 atom stereocenters. The second-order valence-electron chi connectivity index (χ2n) is 4.20. The van der Waals surface area contributed by atoms with Crippen molar-refractivity contribution in [2.75, 3.05) is 13.2 Å². The lowest BCUT2D eigenvalue weighted by molar-refractivity contribution is -0.242. The summed E-state index contributed by atoms with van der Waals surface area (Å²) in [6.45, 7) is 0.998. The van der Waals surface area contributed by atoms with Crippen molar-refractivity contribution in [2.45, 2.75) is 51.4 Å². The zero-order valence-corrected chi connectivity index (χ0v) is 10.7. The van der Waals surface area contributed by atoms with Gasteiger partial charge >= 0.3 is 5.97 Å². The molecule has 6 nitrogen and oxygen atoms in total. The van der Waals surface area contributed by atoms with Crippen LogP contribution in [-0.2, 0) is 14.5 Å². The molecule has 0 aliphatic carbocycles. The Hall–Kier alpha value is -1.14. The molecule has 0 radical (unpaired) electrons. The van der Waals surface area contributed by atoms with Crippen LogP contribution in [-0.4, -0.2) is 35.4 Å². The molecule has 0 spiro atoms. The smallest absolute Gasteiger partial charge is 0.303 e. The Morgan fingerprint density at radius 2 is 1.56 bits per heavy atom. The van der Waals surface area contributed by atoms with Gasteiger partial charge in [0, 0.05) is 13.0 Å². The van der Waals surface area contributed by atoms with Crippen molar-refractivity contribution < 1.29 is 24.8 Å². The van der Waals surface area contributed by atoms with Crippen molar-refractivity contribution in [1.82, 2.24) is 5.32 Å². The van der Waals surface area contributed by atoms with Gasteiger partial charge in [0.25, 0.3) is 0 Å². The fourth-order valence-electron chi connectivity index (χ4n) is 1.54. The summed E-state index contributed by atoms with van der Waals surface area (Å²) in [5, 5.41) is 19.2. The topological polar surface area (TPSA) is 95.9 Å². The molecule has 0 aliphatic rings. The van der Waals surface area contributed by atoms with Crippen molar-refractivity contribution >= 4 is 11.9 Å². The van der Waals surface area contributed by atoms with Gasteiger partial charge in [0.2, 0.25) is 5.91 Å². The average Bonchev–Trinajstić information content (AvgIpc) is 2.34. The molecule has 0 saturated carbocycles. The molecular weight excluding hydrogens is 238 g/mol. The summed E-state index contributed by atoms with van der Waals surface area (Å²) in [6.07, 6.45) is 5.98. The molecule has 0 aliphatic heterocycles. The van der Waals surface area contributed by atoms with Gasteiger partial charge in [-0.3, -0.25) is 14.8 Å². The first-order valence-electron chi connectivity index (χ1n) is 6.41. The summed E-state index contributed by atoms with van der Waals surface area (Å²) in [7, 11) is 0. The largest absolute Gasteiger partial charge is 0.481 e. The average molecular weight is 261 g/mol. The first kappa shape index (κ1) is 16.9. The minimum Gasteiger partial charge on any atom is -0.481 e. The fourth-order valence-corrected chi connectivity index (χ4v) is 1.54. The van der Waals surface area contributed by atoms with Crippen LogP contribution in [0.4, 0.5) is 0 Å². The van der Waals surface area contributed by atoms with E-state index < -0.39 is 5.97 Å². The van der Waals surface area contributed by atoms with Crippen molar-refractivity contribution in [2.24, 2.45) is 0 Å². The van der Waals surface area contributed by atoms with Gasteiger partial charge in [-0.15, -0.1) is 0 Å². The molecule has 1 amide bonds. The molecule has 0 aromatic heterocycles. The molecule has 3 N–H and O–H groups in total. The molecule has 6 heteroatoms. The van der Waals surface area contributed by atoms with E-state index in [4.69, 9.17) is 10.4 Å². The third-order valence-electron chi connectivity index (χ3n) is 2.55. The number of amides is 1.